The third-order valence-electron chi connectivity index (χ3n) is 2.16. The summed E-state index contributed by atoms with van der Waals surface area (Å²) in [5.74, 6) is 0.998. The summed E-state index contributed by atoms with van der Waals surface area (Å²) in [6.45, 7) is 9.04. The highest BCUT2D eigenvalue weighted by Gasteiger charge is 2.05. The van der Waals surface area contributed by atoms with Crippen LogP contribution in [0.4, 0.5) is 0 Å². The molecule has 2 heteroatoms. The molecule has 1 amide bonds. The van der Waals surface area contributed by atoms with Gasteiger partial charge in [-0.3, -0.25) is 4.79 Å². The minimum Gasteiger partial charge on any atom is -0.356 e. The second kappa shape index (κ2) is 6.04. The Morgan fingerprint density at radius 3 is 2.33 bits per heavy atom. The first-order chi connectivity index (χ1) is 5.57. The molecule has 0 aromatic carbocycles. The molecule has 0 saturated heterocycles. The lowest BCUT2D eigenvalue weighted by molar-refractivity contribution is -0.124. The SMILES string of the molecule is CCC(C)CCNC(=O)C(C)C. The van der Waals surface area contributed by atoms with E-state index in [1.54, 1.807) is 0 Å². The molecule has 0 aromatic heterocycles. The van der Waals surface area contributed by atoms with Crippen molar-refractivity contribution in [3.8, 4) is 0 Å². The highest BCUT2D eigenvalue weighted by atomic mass is 16.1. The minimum atomic E-state index is 0.113. The van der Waals surface area contributed by atoms with Crippen molar-refractivity contribution in [3.63, 3.8) is 0 Å². The van der Waals surface area contributed by atoms with Crippen LogP contribution in [0.5, 0.6) is 0 Å². The Labute approximate surface area is 75.7 Å². The van der Waals surface area contributed by atoms with Crippen LogP contribution < -0.4 is 5.32 Å². The molecule has 1 N–H and O–H groups in total. The first-order valence-electron chi connectivity index (χ1n) is 4.85. The Morgan fingerprint density at radius 2 is 1.92 bits per heavy atom. The van der Waals surface area contributed by atoms with Gasteiger partial charge in [-0.25, -0.2) is 0 Å². The van der Waals surface area contributed by atoms with E-state index in [0.717, 1.165) is 18.9 Å². The topological polar surface area (TPSA) is 29.1 Å². The maximum atomic E-state index is 11.1. The van der Waals surface area contributed by atoms with E-state index in [1.807, 2.05) is 13.8 Å². The molecule has 0 aliphatic heterocycles. The van der Waals surface area contributed by atoms with Gasteiger partial charge >= 0.3 is 0 Å². The molecule has 0 saturated carbocycles. The largest absolute Gasteiger partial charge is 0.356 e. The van der Waals surface area contributed by atoms with E-state index >= 15 is 0 Å². The number of nitrogens with one attached hydrogen (secondary N) is 1. The van der Waals surface area contributed by atoms with E-state index < -0.39 is 0 Å². The van der Waals surface area contributed by atoms with Gasteiger partial charge < -0.3 is 5.32 Å². The van der Waals surface area contributed by atoms with Crippen LogP contribution in [0.3, 0.4) is 0 Å². The van der Waals surface area contributed by atoms with E-state index in [0.29, 0.717) is 0 Å². The van der Waals surface area contributed by atoms with Gasteiger partial charge in [0, 0.05) is 12.5 Å². The zero-order chi connectivity index (χ0) is 9.56. The van der Waals surface area contributed by atoms with Gasteiger partial charge in [-0.15, -0.1) is 0 Å². The smallest absolute Gasteiger partial charge is 0.222 e. The molecule has 72 valence electrons. The van der Waals surface area contributed by atoms with Gasteiger partial charge in [-0.05, 0) is 12.3 Å². The number of rotatable bonds is 5. The summed E-state index contributed by atoms with van der Waals surface area (Å²) < 4.78 is 0. The van der Waals surface area contributed by atoms with Crippen molar-refractivity contribution in [2.75, 3.05) is 6.54 Å². The first-order valence-corrected chi connectivity index (χ1v) is 4.85. The zero-order valence-corrected chi connectivity index (χ0v) is 8.68. The summed E-state index contributed by atoms with van der Waals surface area (Å²) in [6.07, 6.45) is 2.28. The van der Waals surface area contributed by atoms with Crippen molar-refractivity contribution in [1.29, 1.82) is 0 Å². The summed E-state index contributed by atoms with van der Waals surface area (Å²) >= 11 is 0. The second-order valence-corrected chi connectivity index (χ2v) is 3.75. The minimum absolute atomic E-state index is 0.113. The Bertz CT molecular complexity index is 132. The Kier molecular flexibility index (Phi) is 5.77. The Morgan fingerprint density at radius 1 is 1.33 bits per heavy atom. The predicted octanol–water partition coefficient (Wildman–Crippen LogP) is 2.19. The van der Waals surface area contributed by atoms with E-state index in [9.17, 15) is 4.79 Å². The summed E-state index contributed by atoms with van der Waals surface area (Å²) in [7, 11) is 0. The average molecular weight is 171 g/mol. The molecule has 0 aromatic rings. The van der Waals surface area contributed by atoms with Crippen molar-refractivity contribution in [1.82, 2.24) is 5.32 Å². The molecule has 1 atom stereocenters. The van der Waals surface area contributed by atoms with Crippen LogP contribution in [0.1, 0.15) is 40.5 Å². The lowest BCUT2D eigenvalue weighted by atomic mass is 10.1. The third kappa shape index (κ3) is 5.16. The standard InChI is InChI=1S/C10H21NO/c1-5-9(4)6-7-11-10(12)8(2)3/h8-9H,5-7H2,1-4H3,(H,11,12). The molecule has 0 fully saturated rings. The summed E-state index contributed by atoms with van der Waals surface area (Å²) in [6, 6.07) is 0. The van der Waals surface area contributed by atoms with Crippen LogP contribution in [-0.2, 0) is 4.79 Å². The van der Waals surface area contributed by atoms with Gasteiger partial charge in [0.05, 0.1) is 0 Å². The zero-order valence-electron chi connectivity index (χ0n) is 8.68. The van der Waals surface area contributed by atoms with Crippen LogP contribution in [0, 0.1) is 11.8 Å². The molecule has 12 heavy (non-hydrogen) atoms. The highest BCUT2D eigenvalue weighted by Crippen LogP contribution is 2.04. The predicted molar refractivity (Wildman–Crippen MR) is 51.9 cm³/mol. The van der Waals surface area contributed by atoms with E-state index in [4.69, 9.17) is 0 Å². The molecule has 0 bridgehead atoms. The van der Waals surface area contributed by atoms with E-state index in [1.165, 1.54) is 6.42 Å². The second-order valence-electron chi connectivity index (χ2n) is 3.75. The fraction of sp³-hybridized carbons (Fsp3) is 0.900. The van der Waals surface area contributed by atoms with Crippen molar-refractivity contribution < 1.29 is 4.79 Å². The van der Waals surface area contributed by atoms with E-state index in [-0.39, 0.29) is 11.8 Å². The van der Waals surface area contributed by atoms with Crippen molar-refractivity contribution >= 4 is 5.91 Å². The number of hydrogen-bond donors (Lipinski definition) is 1. The maximum absolute atomic E-state index is 11.1. The highest BCUT2D eigenvalue weighted by molar-refractivity contribution is 5.77. The molecule has 0 aliphatic carbocycles. The van der Waals surface area contributed by atoms with Crippen LogP contribution in [0.25, 0.3) is 0 Å². The number of hydrogen-bond acceptors (Lipinski definition) is 1. The first kappa shape index (κ1) is 11.5. The molecular formula is C10H21NO. The van der Waals surface area contributed by atoms with Crippen LogP contribution in [-0.4, -0.2) is 12.5 Å². The third-order valence-corrected chi connectivity index (χ3v) is 2.16. The fourth-order valence-corrected chi connectivity index (χ4v) is 0.850. The summed E-state index contributed by atoms with van der Waals surface area (Å²) in [5, 5.41) is 2.91. The molecule has 1 unspecified atom stereocenters. The van der Waals surface area contributed by atoms with Crippen molar-refractivity contribution in [3.05, 3.63) is 0 Å². The normalized spacial score (nSPS) is 13.1. The van der Waals surface area contributed by atoms with Gasteiger partial charge in [0.25, 0.3) is 0 Å². The maximum Gasteiger partial charge on any atom is 0.222 e. The van der Waals surface area contributed by atoms with E-state index in [2.05, 4.69) is 19.2 Å². The van der Waals surface area contributed by atoms with Crippen molar-refractivity contribution in [2.45, 2.75) is 40.5 Å². The number of carbonyl (C=O) groups is 1. The van der Waals surface area contributed by atoms with Gasteiger partial charge in [-0.2, -0.15) is 0 Å². The molecule has 0 rings (SSSR count). The molecular weight excluding hydrogens is 150 g/mol. The number of amides is 1. The van der Waals surface area contributed by atoms with Gasteiger partial charge in [0.2, 0.25) is 5.91 Å². The van der Waals surface area contributed by atoms with Gasteiger partial charge in [-0.1, -0.05) is 34.1 Å². The Hall–Kier alpha value is -0.530. The molecule has 0 spiro atoms. The molecule has 2 nitrogen and oxygen atoms in total. The fourth-order valence-electron chi connectivity index (χ4n) is 0.850. The average Bonchev–Trinajstić information content (AvgIpc) is 2.03. The van der Waals surface area contributed by atoms with Crippen LogP contribution in [0.15, 0.2) is 0 Å². The van der Waals surface area contributed by atoms with Crippen LogP contribution in [0.2, 0.25) is 0 Å². The molecule has 0 aliphatic rings. The number of carbonyl (C=O) groups excluding carboxylic acids is 1. The quantitative estimate of drug-likeness (QED) is 0.675. The van der Waals surface area contributed by atoms with Gasteiger partial charge in [0.15, 0.2) is 0 Å². The monoisotopic (exact) mass is 171 g/mol. The van der Waals surface area contributed by atoms with Crippen molar-refractivity contribution in [2.24, 2.45) is 11.8 Å². The summed E-state index contributed by atoms with van der Waals surface area (Å²) in [4.78, 5) is 11.1. The Balaban J connectivity index is 3.37. The molecule has 0 radical (unpaired) electrons. The van der Waals surface area contributed by atoms with Gasteiger partial charge in [0.1, 0.15) is 0 Å². The van der Waals surface area contributed by atoms with Crippen LogP contribution >= 0.6 is 0 Å². The lowest BCUT2D eigenvalue weighted by Gasteiger charge is -2.10. The lowest BCUT2D eigenvalue weighted by Crippen LogP contribution is -2.29. The molecule has 0 heterocycles. The summed E-state index contributed by atoms with van der Waals surface area (Å²) in [5.41, 5.74) is 0.